The normalized spacial score (nSPS) is 20.6. The quantitative estimate of drug-likeness (QED) is 0.336. The minimum absolute atomic E-state index is 0.0799. The van der Waals surface area contributed by atoms with Crippen molar-refractivity contribution >= 4 is 17.7 Å². The Labute approximate surface area is 58.9 Å². The molecule has 0 spiro atoms. The second kappa shape index (κ2) is 2.51. The van der Waals surface area contributed by atoms with Crippen LogP contribution in [-0.2, 0) is 4.79 Å². The molecular formula is C6H8ClNO. The fourth-order valence-corrected chi connectivity index (χ4v) is 1.19. The van der Waals surface area contributed by atoms with Crippen LogP contribution in [0.25, 0.3) is 0 Å². The molecule has 0 aromatic carbocycles. The average molecular weight is 146 g/mol. The van der Waals surface area contributed by atoms with E-state index >= 15 is 0 Å². The van der Waals surface area contributed by atoms with Crippen LogP contribution >= 0.6 is 11.6 Å². The van der Waals surface area contributed by atoms with E-state index in [0.29, 0.717) is 5.88 Å². The maximum absolute atomic E-state index is 9.80. The number of isocyanates is 1. The number of carbonyl (C=O) groups excluding carboxylic acids is 1. The van der Waals surface area contributed by atoms with Gasteiger partial charge in [0.25, 0.3) is 0 Å². The van der Waals surface area contributed by atoms with Gasteiger partial charge < -0.3 is 0 Å². The Balaban J connectivity index is 2.42. The van der Waals surface area contributed by atoms with Gasteiger partial charge in [-0.2, -0.15) is 4.99 Å². The van der Waals surface area contributed by atoms with Crippen LogP contribution in [0.3, 0.4) is 0 Å². The van der Waals surface area contributed by atoms with Crippen molar-refractivity contribution in [1.82, 2.24) is 0 Å². The summed E-state index contributed by atoms with van der Waals surface area (Å²) in [5.41, 5.74) is -0.0799. The van der Waals surface area contributed by atoms with Crippen molar-refractivity contribution < 1.29 is 4.79 Å². The van der Waals surface area contributed by atoms with E-state index in [1.54, 1.807) is 6.08 Å². The number of hydrogen-bond acceptors (Lipinski definition) is 2. The summed E-state index contributed by atoms with van der Waals surface area (Å²) in [6.45, 7) is 0. The Bertz CT molecular complexity index is 147. The van der Waals surface area contributed by atoms with Gasteiger partial charge in [0.2, 0.25) is 6.08 Å². The Hall–Kier alpha value is -0.330. The van der Waals surface area contributed by atoms with Gasteiger partial charge in [-0.05, 0) is 19.3 Å². The average Bonchev–Trinajstić information content (AvgIpc) is 2.51. The first-order valence-electron chi connectivity index (χ1n) is 2.98. The highest BCUT2D eigenvalue weighted by Crippen LogP contribution is 2.42. The first-order valence-corrected chi connectivity index (χ1v) is 3.51. The maximum atomic E-state index is 9.80. The monoisotopic (exact) mass is 145 g/mol. The molecule has 0 N–H and O–H groups in total. The lowest BCUT2D eigenvalue weighted by Crippen LogP contribution is -2.03. The lowest BCUT2D eigenvalue weighted by molar-refractivity contribution is 0.551. The van der Waals surface area contributed by atoms with Crippen LogP contribution in [0, 0.1) is 0 Å². The van der Waals surface area contributed by atoms with Crippen LogP contribution < -0.4 is 0 Å². The molecule has 0 unspecified atom stereocenters. The van der Waals surface area contributed by atoms with Gasteiger partial charge in [0.15, 0.2) is 0 Å². The van der Waals surface area contributed by atoms with Crippen LogP contribution in [0.2, 0.25) is 0 Å². The van der Waals surface area contributed by atoms with Gasteiger partial charge in [-0.25, -0.2) is 4.79 Å². The number of aliphatic imine (C=N–C) groups is 1. The highest BCUT2D eigenvalue weighted by atomic mass is 35.5. The number of rotatable bonds is 3. The number of halogens is 1. The van der Waals surface area contributed by atoms with Crippen LogP contribution in [0.1, 0.15) is 19.3 Å². The second-order valence-corrected chi connectivity index (χ2v) is 2.74. The van der Waals surface area contributed by atoms with Crippen LogP contribution in [-0.4, -0.2) is 17.5 Å². The van der Waals surface area contributed by atoms with E-state index in [9.17, 15) is 4.79 Å². The lowest BCUT2D eigenvalue weighted by Gasteiger charge is -2.00. The molecule has 50 valence electrons. The van der Waals surface area contributed by atoms with Crippen molar-refractivity contribution in [2.24, 2.45) is 4.99 Å². The SMILES string of the molecule is O=C=NC1(CCCl)CC1. The van der Waals surface area contributed by atoms with Gasteiger partial charge in [-0.1, -0.05) is 0 Å². The molecule has 1 saturated carbocycles. The summed E-state index contributed by atoms with van der Waals surface area (Å²) >= 11 is 5.47. The molecule has 0 bridgehead atoms. The van der Waals surface area contributed by atoms with E-state index in [2.05, 4.69) is 4.99 Å². The van der Waals surface area contributed by atoms with E-state index in [1.165, 1.54) is 0 Å². The molecule has 0 aliphatic heterocycles. The summed E-state index contributed by atoms with van der Waals surface area (Å²) in [5.74, 6) is 0.588. The molecule has 1 aliphatic rings. The standard InChI is InChI=1S/C6H8ClNO/c7-4-3-6(1-2-6)8-5-9/h1-4H2. The van der Waals surface area contributed by atoms with Gasteiger partial charge in [0.1, 0.15) is 0 Å². The molecule has 0 atom stereocenters. The third-order valence-corrected chi connectivity index (χ3v) is 1.86. The minimum atomic E-state index is -0.0799. The van der Waals surface area contributed by atoms with E-state index in [1.807, 2.05) is 0 Å². The number of nitrogens with zero attached hydrogens (tertiary/aromatic N) is 1. The van der Waals surface area contributed by atoms with Crippen molar-refractivity contribution in [2.45, 2.75) is 24.8 Å². The molecule has 2 nitrogen and oxygen atoms in total. The predicted octanol–water partition coefficient (Wildman–Crippen LogP) is 1.48. The highest BCUT2D eigenvalue weighted by molar-refractivity contribution is 6.17. The Kier molecular flexibility index (Phi) is 1.89. The van der Waals surface area contributed by atoms with Crippen LogP contribution in [0.15, 0.2) is 4.99 Å². The first kappa shape index (κ1) is 6.79. The molecule has 3 heteroatoms. The Morgan fingerprint density at radius 2 is 2.33 bits per heavy atom. The van der Waals surface area contributed by atoms with Gasteiger partial charge in [-0.3, -0.25) is 0 Å². The third-order valence-electron chi connectivity index (χ3n) is 1.67. The zero-order valence-electron chi connectivity index (χ0n) is 5.06. The zero-order chi connectivity index (χ0) is 6.74. The molecule has 9 heavy (non-hydrogen) atoms. The molecular weight excluding hydrogens is 138 g/mol. The lowest BCUT2D eigenvalue weighted by atomic mass is 10.2. The van der Waals surface area contributed by atoms with Crippen molar-refractivity contribution in [2.75, 3.05) is 5.88 Å². The molecule has 0 saturated heterocycles. The molecule has 1 aliphatic carbocycles. The second-order valence-electron chi connectivity index (χ2n) is 2.37. The van der Waals surface area contributed by atoms with Crippen molar-refractivity contribution in [3.8, 4) is 0 Å². The summed E-state index contributed by atoms with van der Waals surface area (Å²) in [6.07, 6.45) is 4.41. The fourth-order valence-electron chi connectivity index (χ4n) is 0.835. The number of alkyl halides is 1. The maximum Gasteiger partial charge on any atom is 0.235 e. The fraction of sp³-hybridized carbons (Fsp3) is 0.833. The molecule has 0 amide bonds. The minimum Gasteiger partial charge on any atom is -0.211 e. The van der Waals surface area contributed by atoms with E-state index in [0.717, 1.165) is 19.3 Å². The van der Waals surface area contributed by atoms with Crippen LogP contribution in [0.5, 0.6) is 0 Å². The topological polar surface area (TPSA) is 29.4 Å². The number of hydrogen-bond donors (Lipinski definition) is 0. The predicted molar refractivity (Wildman–Crippen MR) is 35.4 cm³/mol. The van der Waals surface area contributed by atoms with Crippen LogP contribution in [0.4, 0.5) is 0 Å². The summed E-state index contributed by atoms with van der Waals surface area (Å²) < 4.78 is 0. The van der Waals surface area contributed by atoms with Crippen molar-refractivity contribution in [3.05, 3.63) is 0 Å². The molecule has 0 heterocycles. The molecule has 0 aromatic rings. The summed E-state index contributed by atoms with van der Waals surface area (Å²) in [4.78, 5) is 13.5. The van der Waals surface area contributed by atoms with Crippen molar-refractivity contribution in [3.63, 3.8) is 0 Å². The summed E-state index contributed by atoms with van der Waals surface area (Å²) in [6, 6.07) is 0. The zero-order valence-corrected chi connectivity index (χ0v) is 5.82. The first-order chi connectivity index (χ1) is 4.33. The Morgan fingerprint density at radius 1 is 1.67 bits per heavy atom. The van der Waals surface area contributed by atoms with Gasteiger partial charge in [0.05, 0.1) is 5.54 Å². The van der Waals surface area contributed by atoms with E-state index in [-0.39, 0.29) is 5.54 Å². The molecule has 0 radical (unpaired) electrons. The summed E-state index contributed by atoms with van der Waals surface area (Å²) in [7, 11) is 0. The highest BCUT2D eigenvalue weighted by Gasteiger charge is 2.41. The summed E-state index contributed by atoms with van der Waals surface area (Å²) in [5, 5.41) is 0. The van der Waals surface area contributed by atoms with Gasteiger partial charge in [-0.15, -0.1) is 11.6 Å². The Morgan fingerprint density at radius 3 is 2.67 bits per heavy atom. The smallest absolute Gasteiger partial charge is 0.211 e. The van der Waals surface area contributed by atoms with Gasteiger partial charge in [0, 0.05) is 5.88 Å². The van der Waals surface area contributed by atoms with Crippen molar-refractivity contribution in [1.29, 1.82) is 0 Å². The molecule has 0 aromatic heterocycles. The van der Waals surface area contributed by atoms with E-state index < -0.39 is 0 Å². The molecule has 1 fully saturated rings. The third kappa shape index (κ3) is 1.54. The van der Waals surface area contributed by atoms with E-state index in [4.69, 9.17) is 11.6 Å². The van der Waals surface area contributed by atoms with Gasteiger partial charge >= 0.3 is 0 Å². The molecule has 1 rings (SSSR count). The largest absolute Gasteiger partial charge is 0.235 e.